The molecule has 1 atom stereocenters. The van der Waals surface area contributed by atoms with Gasteiger partial charge in [0.2, 0.25) is 0 Å². The van der Waals surface area contributed by atoms with Crippen LogP contribution in [-0.2, 0) is 5.54 Å². The van der Waals surface area contributed by atoms with Crippen molar-refractivity contribution in [3.05, 3.63) is 29.6 Å². The molecule has 2 aromatic rings. The van der Waals surface area contributed by atoms with Crippen LogP contribution >= 0.6 is 0 Å². The molecule has 0 unspecified atom stereocenters. The van der Waals surface area contributed by atoms with Gasteiger partial charge in [-0.2, -0.15) is 0 Å². The Kier molecular flexibility index (Phi) is 5.67. The van der Waals surface area contributed by atoms with E-state index in [0.29, 0.717) is 5.75 Å². The SMILES string of the molecule is COc1cccc([C@@H](c2nnnn2C(C)(C)C)N2CCN(C)CC2)c1OC. The second-order valence-corrected chi connectivity index (χ2v) is 7.94. The van der Waals surface area contributed by atoms with Gasteiger partial charge in [-0.05, 0) is 44.3 Å². The van der Waals surface area contributed by atoms with E-state index < -0.39 is 0 Å². The fourth-order valence-corrected chi connectivity index (χ4v) is 3.55. The van der Waals surface area contributed by atoms with Gasteiger partial charge in [-0.3, -0.25) is 4.90 Å². The van der Waals surface area contributed by atoms with Gasteiger partial charge in [-0.1, -0.05) is 12.1 Å². The molecule has 0 saturated carbocycles. The average Bonchev–Trinajstić information content (AvgIpc) is 3.13. The summed E-state index contributed by atoms with van der Waals surface area (Å²) in [5, 5.41) is 12.7. The predicted octanol–water partition coefficient (Wildman–Crippen LogP) is 1.78. The predicted molar refractivity (Wildman–Crippen MR) is 103 cm³/mol. The first-order valence-corrected chi connectivity index (χ1v) is 9.29. The molecule has 27 heavy (non-hydrogen) atoms. The first-order valence-electron chi connectivity index (χ1n) is 9.29. The van der Waals surface area contributed by atoms with Crippen LogP contribution in [0.4, 0.5) is 0 Å². The van der Waals surface area contributed by atoms with Gasteiger partial charge in [0.25, 0.3) is 0 Å². The summed E-state index contributed by atoms with van der Waals surface area (Å²) in [6.45, 7) is 10.2. The Balaban J connectivity index is 2.14. The Hall–Kier alpha value is -2.19. The van der Waals surface area contributed by atoms with Crippen LogP contribution in [-0.4, -0.2) is 77.5 Å². The van der Waals surface area contributed by atoms with Gasteiger partial charge in [0, 0.05) is 31.7 Å². The summed E-state index contributed by atoms with van der Waals surface area (Å²) in [5.41, 5.74) is 0.789. The van der Waals surface area contributed by atoms with Gasteiger partial charge in [0.1, 0.15) is 6.04 Å². The van der Waals surface area contributed by atoms with E-state index in [1.807, 2.05) is 16.8 Å². The van der Waals surface area contributed by atoms with E-state index in [-0.39, 0.29) is 11.6 Å². The smallest absolute Gasteiger partial charge is 0.173 e. The Morgan fingerprint density at radius 3 is 2.33 bits per heavy atom. The zero-order valence-electron chi connectivity index (χ0n) is 17.1. The van der Waals surface area contributed by atoms with Crippen LogP contribution < -0.4 is 9.47 Å². The topological polar surface area (TPSA) is 68.5 Å². The highest BCUT2D eigenvalue weighted by Crippen LogP contribution is 2.40. The molecule has 0 bridgehead atoms. The first kappa shape index (κ1) is 19.6. The van der Waals surface area contributed by atoms with Gasteiger partial charge in [-0.25, -0.2) is 4.68 Å². The molecule has 0 radical (unpaired) electrons. The number of piperazine rings is 1. The van der Waals surface area contributed by atoms with Crippen LogP contribution in [0.2, 0.25) is 0 Å². The Bertz CT molecular complexity index is 762. The lowest BCUT2D eigenvalue weighted by molar-refractivity contribution is 0.117. The average molecular weight is 374 g/mol. The second kappa shape index (κ2) is 7.82. The molecule has 8 nitrogen and oxygen atoms in total. The van der Waals surface area contributed by atoms with Crippen LogP contribution in [0.1, 0.15) is 38.2 Å². The van der Waals surface area contributed by atoms with E-state index in [1.54, 1.807) is 14.2 Å². The Morgan fingerprint density at radius 2 is 1.74 bits per heavy atom. The summed E-state index contributed by atoms with van der Waals surface area (Å²) < 4.78 is 13.2. The summed E-state index contributed by atoms with van der Waals surface area (Å²) in [5.74, 6) is 2.26. The van der Waals surface area contributed by atoms with Crippen molar-refractivity contribution < 1.29 is 9.47 Å². The van der Waals surface area contributed by atoms with Crippen molar-refractivity contribution in [3.8, 4) is 11.5 Å². The number of nitrogens with zero attached hydrogens (tertiary/aromatic N) is 6. The third-order valence-electron chi connectivity index (χ3n) is 5.00. The summed E-state index contributed by atoms with van der Waals surface area (Å²) in [4.78, 5) is 4.76. The van der Waals surface area contributed by atoms with Crippen LogP contribution in [0, 0.1) is 0 Å². The maximum absolute atomic E-state index is 5.74. The van der Waals surface area contributed by atoms with E-state index in [1.165, 1.54) is 0 Å². The molecule has 0 aliphatic carbocycles. The maximum Gasteiger partial charge on any atom is 0.173 e. The highest BCUT2D eigenvalue weighted by atomic mass is 16.5. The van der Waals surface area contributed by atoms with Crippen LogP contribution in [0.15, 0.2) is 18.2 Å². The fraction of sp³-hybridized carbons (Fsp3) is 0.632. The van der Waals surface area contributed by atoms with E-state index >= 15 is 0 Å². The number of aromatic nitrogens is 4. The lowest BCUT2D eigenvalue weighted by Gasteiger charge is -2.38. The Labute approximate surface area is 161 Å². The number of benzene rings is 1. The zero-order chi connectivity index (χ0) is 19.6. The minimum Gasteiger partial charge on any atom is -0.493 e. The molecule has 1 fully saturated rings. The van der Waals surface area contributed by atoms with Crippen molar-refractivity contribution in [1.82, 2.24) is 30.0 Å². The van der Waals surface area contributed by atoms with Crippen LogP contribution in [0.3, 0.4) is 0 Å². The van der Waals surface area contributed by atoms with Crippen molar-refractivity contribution >= 4 is 0 Å². The normalized spacial score (nSPS) is 17.7. The molecule has 8 heteroatoms. The molecule has 1 aromatic carbocycles. The van der Waals surface area contributed by atoms with Crippen molar-refractivity contribution in [2.75, 3.05) is 47.4 Å². The molecular formula is C19H30N6O2. The van der Waals surface area contributed by atoms with E-state index in [9.17, 15) is 0 Å². The second-order valence-electron chi connectivity index (χ2n) is 7.94. The van der Waals surface area contributed by atoms with Crippen LogP contribution in [0.5, 0.6) is 11.5 Å². The Morgan fingerprint density at radius 1 is 1.04 bits per heavy atom. The number of hydrogen-bond donors (Lipinski definition) is 0. The third kappa shape index (κ3) is 3.91. The minimum atomic E-state index is -0.226. The van der Waals surface area contributed by atoms with E-state index in [4.69, 9.17) is 9.47 Å². The number of likely N-dealkylation sites (N-methyl/N-ethyl adjacent to an activating group) is 1. The van der Waals surface area contributed by atoms with Crippen molar-refractivity contribution in [2.24, 2.45) is 0 Å². The largest absolute Gasteiger partial charge is 0.493 e. The molecule has 1 aliphatic rings. The molecule has 1 saturated heterocycles. The molecule has 0 amide bonds. The molecule has 0 N–H and O–H groups in total. The highest BCUT2D eigenvalue weighted by molar-refractivity contribution is 5.49. The molecule has 1 aromatic heterocycles. The highest BCUT2D eigenvalue weighted by Gasteiger charge is 2.35. The summed E-state index contributed by atoms with van der Waals surface area (Å²) in [6, 6.07) is 5.87. The van der Waals surface area contributed by atoms with Gasteiger partial charge in [-0.15, -0.1) is 5.10 Å². The van der Waals surface area contributed by atoms with Crippen molar-refractivity contribution in [3.63, 3.8) is 0 Å². The first-order chi connectivity index (χ1) is 12.9. The third-order valence-corrected chi connectivity index (χ3v) is 5.00. The quantitative estimate of drug-likeness (QED) is 0.790. The number of hydrogen-bond acceptors (Lipinski definition) is 7. The van der Waals surface area contributed by atoms with Gasteiger partial charge >= 0.3 is 0 Å². The fourth-order valence-electron chi connectivity index (χ4n) is 3.55. The van der Waals surface area contributed by atoms with E-state index in [2.05, 4.69) is 59.2 Å². The van der Waals surface area contributed by atoms with Gasteiger partial charge in [0.05, 0.1) is 19.8 Å². The number of rotatable bonds is 5. The van der Waals surface area contributed by atoms with Crippen molar-refractivity contribution in [2.45, 2.75) is 32.4 Å². The molecule has 0 spiro atoms. The molecule has 3 rings (SSSR count). The molecule has 1 aliphatic heterocycles. The van der Waals surface area contributed by atoms with Gasteiger partial charge < -0.3 is 14.4 Å². The zero-order valence-corrected chi connectivity index (χ0v) is 17.1. The number of para-hydroxylation sites is 1. The summed E-state index contributed by atoms with van der Waals surface area (Å²) in [6.07, 6.45) is 0. The lowest BCUT2D eigenvalue weighted by atomic mass is 10.00. The van der Waals surface area contributed by atoms with Crippen LogP contribution in [0.25, 0.3) is 0 Å². The summed E-state index contributed by atoms with van der Waals surface area (Å²) in [7, 11) is 5.48. The van der Waals surface area contributed by atoms with E-state index in [0.717, 1.165) is 43.3 Å². The lowest BCUT2D eigenvalue weighted by Crippen LogP contribution is -2.47. The molecule has 2 heterocycles. The number of methoxy groups -OCH3 is 2. The monoisotopic (exact) mass is 374 g/mol. The number of tetrazole rings is 1. The number of ether oxygens (including phenoxy) is 2. The minimum absolute atomic E-state index is 0.113. The molecule has 148 valence electrons. The van der Waals surface area contributed by atoms with Crippen molar-refractivity contribution in [1.29, 1.82) is 0 Å². The van der Waals surface area contributed by atoms with Gasteiger partial charge in [0.15, 0.2) is 17.3 Å². The summed E-state index contributed by atoms with van der Waals surface area (Å²) >= 11 is 0. The molecular weight excluding hydrogens is 344 g/mol. The standard InChI is InChI=1S/C19H30N6O2/c1-19(2,3)25-18(20-21-22-25)16(24-12-10-23(4)11-13-24)14-8-7-9-15(26-5)17(14)27-6/h7-9,16H,10-13H2,1-6H3/t16-/m0/s1. The maximum atomic E-state index is 5.74.